The van der Waals surface area contributed by atoms with Crippen LogP contribution in [0, 0.1) is 17.6 Å². The molecule has 1 amide bonds. The number of nitrogens with zero attached hydrogens (tertiary/aromatic N) is 1. The lowest BCUT2D eigenvalue weighted by atomic mass is 9.89. The van der Waals surface area contributed by atoms with Gasteiger partial charge in [0.05, 0.1) is 12.0 Å². The summed E-state index contributed by atoms with van der Waals surface area (Å²) in [6.45, 7) is 0. The van der Waals surface area contributed by atoms with E-state index in [0.717, 1.165) is 36.0 Å². The van der Waals surface area contributed by atoms with Crippen LogP contribution in [0.1, 0.15) is 17.8 Å². The van der Waals surface area contributed by atoms with Gasteiger partial charge < -0.3 is 10.3 Å². The van der Waals surface area contributed by atoms with Crippen LogP contribution in [0.15, 0.2) is 24.5 Å². The Morgan fingerprint density at radius 3 is 2.80 bits per heavy atom. The molecule has 1 atom stereocenters. The lowest BCUT2D eigenvalue weighted by Gasteiger charge is -2.20. The fourth-order valence-corrected chi connectivity index (χ4v) is 2.50. The maximum absolute atomic E-state index is 13.1. The average Bonchev–Trinajstić information content (AvgIpc) is 2.84. The summed E-state index contributed by atoms with van der Waals surface area (Å²) in [5, 5.41) is 2.56. The van der Waals surface area contributed by atoms with Crippen molar-refractivity contribution in [2.75, 3.05) is 5.32 Å². The molecule has 1 aromatic carbocycles. The Labute approximate surface area is 114 Å². The molecule has 0 bridgehead atoms. The van der Waals surface area contributed by atoms with Gasteiger partial charge >= 0.3 is 0 Å². The fraction of sp³-hybridized carbons (Fsp3) is 0.286. The summed E-state index contributed by atoms with van der Waals surface area (Å²) in [4.78, 5) is 19.3. The van der Waals surface area contributed by atoms with Gasteiger partial charge in [-0.2, -0.15) is 0 Å². The van der Waals surface area contributed by atoms with Crippen LogP contribution in [0.3, 0.4) is 0 Å². The van der Waals surface area contributed by atoms with Gasteiger partial charge in [-0.3, -0.25) is 4.79 Å². The Balaban J connectivity index is 1.71. The Hall–Kier alpha value is -2.24. The summed E-state index contributed by atoms with van der Waals surface area (Å²) < 4.78 is 26.1. The first kappa shape index (κ1) is 12.8. The van der Waals surface area contributed by atoms with Crippen molar-refractivity contribution in [2.45, 2.75) is 19.3 Å². The first-order valence-corrected chi connectivity index (χ1v) is 6.40. The third kappa shape index (κ3) is 2.54. The molecule has 0 radical (unpaired) electrons. The first-order chi connectivity index (χ1) is 9.61. The zero-order chi connectivity index (χ0) is 14.1. The van der Waals surface area contributed by atoms with E-state index in [2.05, 4.69) is 15.3 Å². The van der Waals surface area contributed by atoms with Gasteiger partial charge in [-0.15, -0.1) is 0 Å². The first-order valence-electron chi connectivity index (χ1n) is 6.40. The van der Waals surface area contributed by atoms with E-state index in [1.54, 1.807) is 6.33 Å². The van der Waals surface area contributed by atoms with E-state index in [-0.39, 0.29) is 17.5 Å². The van der Waals surface area contributed by atoms with Gasteiger partial charge in [0.2, 0.25) is 5.91 Å². The van der Waals surface area contributed by atoms with Crippen molar-refractivity contribution >= 4 is 11.6 Å². The highest BCUT2D eigenvalue weighted by Gasteiger charge is 2.26. The molecule has 0 saturated carbocycles. The molecule has 0 saturated heterocycles. The molecule has 1 aromatic heterocycles. The molecule has 0 fully saturated rings. The van der Waals surface area contributed by atoms with Gasteiger partial charge in [0, 0.05) is 29.8 Å². The Morgan fingerprint density at radius 2 is 2.05 bits per heavy atom. The maximum atomic E-state index is 13.1. The van der Waals surface area contributed by atoms with Gasteiger partial charge in [0.15, 0.2) is 0 Å². The van der Waals surface area contributed by atoms with Crippen molar-refractivity contribution in [1.29, 1.82) is 0 Å². The number of carbonyl (C=O) groups is 1. The summed E-state index contributed by atoms with van der Waals surface area (Å²) in [5.74, 6) is -1.86. The molecular formula is C14H13F2N3O. The Kier molecular flexibility index (Phi) is 3.22. The largest absolute Gasteiger partial charge is 0.348 e. The van der Waals surface area contributed by atoms with Crippen molar-refractivity contribution in [3.63, 3.8) is 0 Å². The van der Waals surface area contributed by atoms with Gasteiger partial charge in [0.1, 0.15) is 11.6 Å². The van der Waals surface area contributed by atoms with Crippen molar-refractivity contribution < 1.29 is 13.6 Å². The summed E-state index contributed by atoms with van der Waals surface area (Å²) in [6, 6.07) is 2.98. The zero-order valence-corrected chi connectivity index (χ0v) is 10.6. The van der Waals surface area contributed by atoms with Crippen LogP contribution in [-0.4, -0.2) is 15.9 Å². The number of carbonyl (C=O) groups excluding carboxylic acids is 1. The van der Waals surface area contributed by atoms with E-state index in [1.165, 1.54) is 0 Å². The van der Waals surface area contributed by atoms with Crippen LogP contribution in [0.5, 0.6) is 0 Å². The number of rotatable bonds is 2. The topological polar surface area (TPSA) is 57.8 Å². The zero-order valence-electron chi connectivity index (χ0n) is 10.6. The fourth-order valence-electron chi connectivity index (χ4n) is 2.50. The summed E-state index contributed by atoms with van der Waals surface area (Å²) in [5.41, 5.74) is 2.09. The van der Waals surface area contributed by atoms with Gasteiger partial charge in [-0.1, -0.05) is 0 Å². The number of nitrogens with one attached hydrogen (secondary N) is 2. The van der Waals surface area contributed by atoms with Crippen molar-refractivity contribution in [2.24, 2.45) is 5.92 Å². The molecule has 0 aliphatic heterocycles. The van der Waals surface area contributed by atoms with Gasteiger partial charge in [-0.25, -0.2) is 13.8 Å². The second-order valence-electron chi connectivity index (χ2n) is 4.91. The molecular weight excluding hydrogens is 264 g/mol. The summed E-state index contributed by atoms with van der Waals surface area (Å²) >= 11 is 0. The normalized spacial score (nSPS) is 17.6. The molecule has 2 N–H and O–H groups in total. The van der Waals surface area contributed by atoms with Crippen molar-refractivity contribution in [1.82, 2.24) is 9.97 Å². The van der Waals surface area contributed by atoms with Crippen LogP contribution in [0.25, 0.3) is 0 Å². The van der Waals surface area contributed by atoms with Crippen LogP contribution < -0.4 is 5.32 Å². The number of amides is 1. The summed E-state index contributed by atoms with van der Waals surface area (Å²) in [6.07, 6.45) is 3.60. The van der Waals surface area contributed by atoms with Gasteiger partial charge in [-0.05, 0) is 25.0 Å². The Morgan fingerprint density at radius 1 is 1.30 bits per heavy atom. The SMILES string of the molecule is O=C(Nc1cc(F)cc(F)c1)C1CCc2nc[nH]c2C1. The molecule has 3 rings (SSSR count). The van der Waals surface area contributed by atoms with E-state index in [9.17, 15) is 13.6 Å². The number of benzene rings is 1. The number of aromatic amines is 1. The lowest BCUT2D eigenvalue weighted by molar-refractivity contribution is -0.120. The Bertz CT molecular complexity index is 633. The molecule has 2 aromatic rings. The third-order valence-corrected chi connectivity index (χ3v) is 3.49. The van der Waals surface area contributed by atoms with E-state index in [0.29, 0.717) is 12.8 Å². The minimum Gasteiger partial charge on any atom is -0.348 e. The predicted molar refractivity (Wildman–Crippen MR) is 69.1 cm³/mol. The monoisotopic (exact) mass is 277 g/mol. The number of H-pyrrole nitrogens is 1. The summed E-state index contributed by atoms with van der Waals surface area (Å²) in [7, 11) is 0. The van der Waals surface area contributed by atoms with Crippen molar-refractivity contribution in [3.05, 3.63) is 47.5 Å². The number of hydrogen-bond acceptors (Lipinski definition) is 2. The van der Waals surface area contributed by atoms with Crippen LogP contribution in [0.2, 0.25) is 0 Å². The van der Waals surface area contributed by atoms with E-state index in [1.807, 2.05) is 0 Å². The van der Waals surface area contributed by atoms with Gasteiger partial charge in [0.25, 0.3) is 0 Å². The van der Waals surface area contributed by atoms with Crippen LogP contribution >= 0.6 is 0 Å². The number of fused-ring (bicyclic) bond motifs is 1. The molecule has 6 heteroatoms. The number of halogens is 2. The third-order valence-electron chi connectivity index (χ3n) is 3.49. The van der Waals surface area contributed by atoms with Crippen molar-refractivity contribution in [3.8, 4) is 0 Å². The highest BCUT2D eigenvalue weighted by molar-refractivity contribution is 5.92. The predicted octanol–water partition coefficient (Wildman–Crippen LogP) is 2.43. The molecule has 104 valence electrons. The lowest BCUT2D eigenvalue weighted by Crippen LogP contribution is -2.28. The molecule has 1 unspecified atom stereocenters. The minimum absolute atomic E-state index is 0.142. The number of anilines is 1. The number of hydrogen-bond donors (Lipinski definition) is 2. The number of aryl methyl sites for hydroxylation is 1. The van der Waals surface area contributed by atoms with E-state index in [4.69, 9.17) is 0 Å². The smallest absolute Gasteiger partial charge is 0.227 e. The minimum atomic E-state index is -0.709. The van der Waals surface area contributed by atoms with E-state index >= 15 is 0 Å². The average molecular weight is 277 g/mol. The maximum Gasteiger partial charge on any atom is 0.227 e. The van der Waals surface area contributed by atoms with E-state index < -0.39 is 11.6 Å². The molecule has 1 heterocycles. The molecule has 20 heavy (non-hydrogen) atoms. The highest BCUT2D eigenvalue weighted by Crippen LogP contribution is 2.24. The second-order valence-corrected chi connectivity index (χ2v) is 4.91. The second kappa shape index (κ2) is 5.03. The quantitative estimate of drug-likeness (QED) is 0.885. The number of aromatic nitrogens is 2. The number of imidazole rings is 1. The molecule has 1 aliphatic carbocycles. The molecule has 1 aliphatic rings. The molecule has 4 nitrogen and oxygen atoms in total. The standard InChI is InChI=1S/C14H13F2N3O/c15-9-4-10(16)6-11(5-9)19-14(20)8-1-2-12-13(3-8)18-7-17-12/h4-8H,1-3H2,(H,17,18)(H,19,20). The van der Waals surface area contributed by atoms with Crippen LogP contribution in [0.4, 0.5) is 14.5 Å². The molecule has 0 spiro atoms. The highest BCUT2D eigenvalue weighted by atomic mass is 19.1. The van der Waals surface area contributed by atoms with Crippen LogP contribution in [-0.2, 0) is 17.6 Å².